The molecule has 0 saturated carbocycles. The zero-order valence-electron chi connectivity index (χ0n) is 14.3. The van der Waals surface area contributed by atoms with Gasteiger partial charge in [-0.15, -0.1) is 0 Å². The topological polar surface area (TPSA) is 102 Å². The Kier molecular flexibility index (Phi) is 6.02. The van der Waals surface area contributed by atoms with Crippen molar-refractivity contribution in [1.82, 2.24) is 14.8 Å². The lowest BCUT2D eigenvalue weighted by atomic mass is 10.2. The number of carbonyl (C=O) groups is 1. The number of sulfonamides is 1. The molecule has 1 fully saturated rings. The van der Waals surface area contributed by atoms with Crippen LogP contribution in [-0.4, -0.2) is 56.6 Å². The first-order valence-electron chi connectivity index (χ1n) is 8.42. The molecule has 0 aliphatic carbocycles. The maximum Gasteiger partial charge on any atom is 0.251 e. The van der Waals surface area contributed by atoms with Gasteiger partial charge >= 0.3 is 0 Å². The van der Waals surface area contributed by atoms with Crippen molar-refractivity contribution in [1.29, 1.82) is 0 Å². The van der Waals surface area contributed by atoms with Crippen molar-refractivity contribution in [3.8, 4) is 0 Å². The molecule has 2 heterocycles. The minimum absolute atomic E-state index is 0.184. The highest BCUT2D eigenvalue weighted by Gasteiger charge is 2.26. The van der Waals surface area contributed by atoms with E-state index in [1.807, 2.05) is 0 Å². The molecule has 1 aromatic heterocycles. The van der Waals surface area contributed by atoms with Crippen molar-refractivity contribution in [2.75, 3.05) is 32.8 Å². The van der Waals surface area contributed by atoms with Gasteiger partial charge in [-0.2, -0.15) is 4.31 Å². The fourth-order valence-electron chi connectivity index (χ4n) is 2.66. The van der Waals surface area contributed by atoms with E-state index in [9.17, 15) is 13.2 Å². The number of aromatic nitrogens is 1. The van der Waals surface area contributed by atoms with Gasteiger partial charge in [0.05, 0.1) is 24.3 Å². The fraction of sp³-hybridized carbons (Fsp3) is 0.412. The van der Waals surface area contributed by atoms with E-state index in [2.05, 4.69) is 10.5 Å². The molecule has 1 aliphatic rings. The zero-order valence-corrected chi connectivity index (χ0v) is 15.1. The van der Waals surface area contributed by atoms with Gasteiger partial charge in [0.2, 0.25) is 10.0 Å². The average Bonchev–Trinajstić information content (AvgIpc) is 3.19. The van der Waals surface area contributed by atoms with Gasteiger partial charge in [-0.1, -0.05) is 5.16 Å². The standard InChI is InChI=1S/C17H21N3O5S/c21-17(18-7-1-2-14-12-19-25-13-14)15-3-5-16(6-4-15)26(22,23)20-8-10-24-11-9-20/h3-6,12-13H,1-2,7-11H2,(H,18,21). The van der Waals surface area contributed by atoms with Crippen LogP contribution in [0.4, 0.5) is 0 Å². The first-order chi connectivity index (χ1) is 12.6. The number of morpholine rings is 1. The van der Waals surface area contributed by atoms with Crippen molar-refractivity contribution in [2.24, 2.45) is 0 Å². The molecule has 3 rings (SSSR count). The summed E-state index contributed by atoms with van der Waals surface area (Å²) in [5.74, 6) is -0.231. The first kappa shape index (κ1) is 18.6. The molecule has 1 aliphatic heterocycles. The summed E-state index contributed by atoms with van der Waals surface area (Å²) in [6.45, 7) is 1.99. The van der Waals surface area contributed by atoms with Gasteiger partial charge in [0.1, 0.15) is 6.26 Å². The van der Waals surface area contributed by atoms with Gasteiger partial charge in [-0.3, -0.25) is 4.79 Å². The third-order valence-corrected chi connectivity index (χ3v) is 6.05. The predicted molar refractivity (Wildman–Crippen MR) is 93.2 cm³/mol. The Morgan fingerprint density at radius 2 is 1.92 bits per heavy atom. The first-order valence-corrected chi connectivity index (χ1v) is 9.86. The summed E-state index contributed by atoms with van der Waals surface area (Å²) in [5.41, 5.74) is 1.41. The molecule has 0 radical (unpaired) electrons. The van der Waals surface area contributed by atoms with Crippen molar-refractivity contribution in [3.63, 3.8) is 0 Å². The Bertz CT molecular complexity index is 813. The second-order valence-electron chi connectivity index (χ2n) is 5.93. The van der Waals surface area contributed by atoms with Crippen LogP contribution in [0.25, 0.3) is 0 Å². The maximum atomic E-state index is 12.5. The molecule has 1 saturated heterocycles. The van der Waals surface area contributed by atoms with Crippen molar-refractivity contribution in [3.05, 3.63) is 47.9 Å². The Labute approximate surface area is 152 Å². The van der Waals surface area contributed by atoms with Crippen molar-refractivity contribution < 1.29 is 22.5 Å². The number of hydrogen-bond acceptors (Lipinski definition) is 6. The number of rotatable bonds is 7. The second-order valence-corrected chi connectivity index (χ2v) is 7.87. The van der Waals surface area contributed by atoms with E-state index >= 15 is 0 Å². The van der Waals surface area contributed by atoms with Gasteiger partial charge in [0.25, 0.3) is 5.91 Å². The smallest absolute Gasteiger partial charge is 0.251 e. The quantitative estimate of drug-likeness (QED) is 0.722. The molecule has 0 spiro atoms. The van der Waals surface area contributed by atoms with Crippen LogP contribution < -0.4 is 5.32 Å². The number of ether oxygens (including phenoxy) is 1. The van der Waals surface area contributed by atoms with E-state index in [-0.39, 0.29) is 10.8 Å². The van der Waals surface area contributed by atoms with Crippen molar-refractivity contribution in [2.45, 2.75) is 17.7 Å². The molecule has 0 unspecified atom stereocenters. The molecule has 1 N–H and O–H groups in total. The van der Waals surface area contributed by atoms with Gasteiger partial charge in [-0.25, -0.2) is 8.42 Å². The molecule has 9 heteroatoms. The monoisotopic (exact) mass is 379 g/mol. The fourth-order valence-corrected chi connectivity index (χ4v) is 4.07. The molecule has 0 bridgehead atoms. The lowest BCUT2D eigenvalue weighted by molar-refractivity contribution is 0.0730. The molecule has 26 heavy (non-hydrogen) atoms. The summed E-state index contributed by atoms with van der Waals surface area (Å²) in [5, 5.41) is 6.44. The van der Waals surface area contributed by atoms with Crippen LogP contribution in [0.1, 0.15) is 22.3 Å². The van der Waals surface area contributed by atoms with E-state index in [4.69, 9.17) is 9.26 Å². The molecule has 2 aromatic rings. The van der Waals surface area contributed by atoms with E-state index in [0.717, 1.165) is 18.4 Å². The van der Waals surface area contributed by atoms with Gasteiger partial charge in [0, 0.05) is 30.8 Å². The van der Waals surface area contributed by atoms with Crippen LogP contribution in [0.3, 0.4) is 0 Å². The summed E-state index contributed by atoms with van der Waals surface area (Å²) in [4.78, 5) is 12.3. The minimum atomic E-state index is -3.54. The normalized spacial score (nSPS) is 15.7. The van der Waals surface area contributed by atoms with Crippen molar-refractivity contribution >= 4 is 15.9 Å². The number of benzene rings is 1. The predicted octanol–water partition coefficient (Wildman–Crippen LogP) is 1.06. The zero-order chi connectivity index (χ0) is 18.4. The summed E-state index contributed by atoms with van der Waals surface area (Å²) >= 11 is 0. The minimum Gasteiger partial charge on any atom is -0.379 e. The highest BCUT2D eigenvalue weighted by atomic mass is 32.2. The van der Waals surface area contributed by atoms with E-state index < -0.39 is 10.0 Å². The molecule has 0 atom stereocenters. The summed E-state index contributed by atoms with van der Waals surface area (Å²) in [6, 6.07) is 6.00. The number of nitrogens with zero attached hydrogens (tertiary/aromatic N) is 2. The van der Waals surface area contributed by atoms with Crippen LogP contribution in [0.2, 0.25) is 0 Å². The highest BCUT2D eigenvalue weighted by Crippen LogP contribution is 2.17. The summed E-state index contributed by atoms with van der Waals surface area (Å²) in [7, 11) is -3.54. The molecule has 1 aromatic carbocycles. The van der Waals surface area contributed by atoms with E-state index in [1.54, 1.807) is 12.5 Å². The van der Waals surface area contributed by atoms with E-state index in [0.29, 0.717) is 38.4 Å². The molecule has 1 amide bonds. The van der Waals surface area contributed by atoms with Gasteiger partial charge in [-0.05, 0) is 37.1 Å². The molecule has 8 nitrogen and oxygen atoms in total. The number of aryl methyl sites for hydroxylation is 1. The lowest BCUT2D eigenvalue weighted by Gasteiger charge is -2.26. The number of nitrogens with one attached hydrogen (secondary N) is 1. The average molecular weight is 379 g/mol. The Balaban J connectivity index is 1.53. The highest BCUT2D eigenvalue weighted by molar-refractivity contribution is 7.89. The third-order valence-electron chi connectivity index (χ3n) is 4.14. The Hall–Kier alpha value is -2.23. The lowest BCUT2D eigenvalue weighted by Crippen LogP contribution is -2.40. The summed E-state index contributed by atoms with van der Waals surface area (Å²) in [6.07, 6.45) is 4.75. The molecular weight excluding hydrogens is 358 g/mol. The number of carbonyl (C=O) groups excluding carboxylic acids is 1. The van der Waals surface area contributed by atoms with Crippen LogP contribution in [-0.2, 0) is 21.2 Å². The summed E-state index contributed by atoms with van der Waals surface area (Å²) < 4.78 is 36.4. The second kappa shape index (κ2) is 8.43. The SMILES string of the molecule is O=C(NCCCc1cnoc1)c1ccc(S(=O)(=O)N2CCOCC2)cc1. The Morgan fingerprint density at radius 1 is 1.19 bits per heavy atom. The molecule has 140 valence electrons. The number of amides is 1. The number of hydrogen-bond donors (Lipinski definition) is 1. The van der Waals surface area contributed by atoms with Crippen LogP contribution in [0, 0.1) is 0 Å². The van der Waals surface area contributed by atoms with Crippen LogP contribution in [0.5, 0.6) is 0 Å². The third kappa shape index (κ3) is 4.48. The van der Waals surface area contributed by atoms with Crippen LogP contribution in [0.15, 0.2) is 46.1 Å². The van der Waals surface area contributed by atoms with Gasteiger partial charge < -0.3 is 14.6 Å². The Morgan fingerprint density at radius 3 is 2.58 bits per heavy atom. The largest absolute Gasteiger partial charge is 0.379 e. The maximum absolute atomic E-state index is 12.5. The van der Waals surface area contributed by atoms with Crippen LogP contribution >= 0.6 is 0 Å². The molecular formula is C17H21N3O5S. The van der Waals surface area contributed by atoms with Gasteiger partial charge in [0.15, 0.2) is 0 Å². The van der Waals surface area contributed by atoms with E-state index in [1.165, 1.54) is 28.6 Å².